The molecule has 0 saturated carbocycles. The maximum Gasteiger partial charge on any atom is 0.135 e. The lowest BCUT2D eigenvalue weighted by Gasteiger charge is -2.36. The molecule has 2 aliphatic heterocycles. The molecular formula is C13H23NO. The highest BCUT2D eigenvalue weighted by molar-refractivity contribution is 5.80. The summed E-state index contributed by atoms with van der Waals surface area (Å²) in [6.07, 6.45) is 6.05. The molecule has 2 atom stereocenters. The van der Waals surface area contributed by atoms with Crippen LogP contribution in [-0.2, 0) is 4.79 Å². The summed E-state index contributed by atoms with van der Waals surface area (Å²) in [6.45, 7) is 4.04. The lowest BCUT2D eigenvalue weighted by molar-refractivity contribution is -0.123. The van der Waals surface area contributed by atoms with Crippen molar-refractivity contribution in [3.8, 4) is 0 Å². The zero-order valence-corrected chi connectivity index (χ0v) is 10.2. The van der Waals surface area contributed by atoms with E-state index in [1.165, 1.54) is 25.7 Å². The fourth-order valence-electron chi connectivity index (χ4n) is 3.21. The number of piperidine rings is 1. The van der Waals surface area contributed by atoms with Crippen LogP contribution in [0.1, 0.15) is 46.0 Å². The molecule has 0 aromatic rings. The van der Waals surface area contributed by atoms with E-state index in [0.29, 0.717) is 11.7 Å². The minimum Gasteiger partial charge on any atom is -0.300 e. The average molecular weight is 209 g/mol. The van der Waals surface area contributed by atoms with Gasteiger partial charge in [-0.25, -0.2) is 0 Å². The average Bonchev–Trinajstić information content (AvgIpc) is 2.41. The van der Waals surface area contributed by atoms with Crippen molar-refractivity contribution in [3.05, 3.63) is 0 Å². The van der Waals surface area contributed by atoms with Crippen molar-refractivity contribution in [2.75, 3.05) is 7.05 Å². The van der Waals surface area contributed by atoms with Crippen molar-refractivity contribution in [1.29, 1.82) is 0 Å². The molecule has 0 aromatic heterocycles. The molecule has 0 aromatic carbocycles. The van der Waals surface area contributed by atoms with E-state index in [-0.39, 0.29) is 5.92 Å². The Morgan fingerprint density at radius 1 is 1.27 bits per heavy atom. The van der Waals surface area contributed by atoms with Gasteiger partial charge in [-0.3, -0.25) is 4.79 Å². The predicted octanol–water partition coefficient (Wildman–Crippen LogP) is 2.47. The molecule has 0 spiro atoms. The Bertz CT molecular complexity index is 235. The van der Waals surface area contributed by atoms with Crippen molar-refractivity contribution in [3.63, 3.8) is 0 Å². The minimum absolute atomic E-state index is 0.224. The SMILES string of the molecule is CC(C)C(=O)CC1CC2CCC(C1)N2C. The van der Waals surface area contributed by atoms with Gasteiger partial charge < -0.3 is 4.90 Å². The number of carbonyl (C=O) groups is 1. The summed E-state index contributed by atoms with van der Waals surface area (Å²) in [5.74, 6) is 1.36. The third-order valence-electron chi connectivity index (χ3n) is 4.33. The number of hydrogen-bond acceptors (Lipinski definition) is 2. The summed E-state index contributed by atoms with van der Waals surface area (Å²) in [5, 5.41) is 0. The Kier molecular flexibility index (Phi) is 3.15. The van der Waals surface area contributed by atoms with Crippen LogP contribution in [0.2, 0.25) is 0 Å². The molecular weight excluding hydrogens is 186 g/mol. The van der Waals surface area contributed by atoms with Gasteiger partial charge in [0.25, 0.3) is 0 Å². The molecule has 2 saturated heterocycles. The maximum atomic E-state index is 11.7. The predicted molar refractivity (Wildman–Crippen MR) is 61.8 cm³/mol. The summed E-state index contributed by atoms with van der Waals surface area (Å²) >= 11 is 0. The molecule has 2 heteroatoms. The summed E-state index contributed by atoms with van der Waals surface area (Å²) in [6, 6.07) is 1.54. The number of hydrogen-bond donors (Lipinski definition) is 0. The second-order valence-electron chi connectivity index (χ2n) is 5.71. The number of ketones is 1. The van der Waals surface area contributed by atoms with E-state index >= 15 is 0 Å². The first-order valence-corrected chi connectivity index (χ1v) is 6.32. The van der Waals surface area contributed by atoms with E-state index in [4.69, 9.17) is 0 Å². The fourth-order valence-corrected chi connectivity index (χ4v) is 3.21. The van der Waals surface area contributed by atoms with Crippen LogP contribution in [0.15, 0.2) is 0 Å². The third-order valence-corrected chi connectivity index (χ3v) is 4.33. The molecule has 0 amide bonds. The molecule has 0 aliphatic carbocycles. The van der Waals surface area contributed by atoms with Crippen LogP contribution >= 0.6 is 0 Å². The number of carbonyl (C=O) groups excluding carboxylic acids is 1. The minimum atomic E-state index is 0.224. The molecule has 15 heavy (non-hydrogen) atoms. The lowest BCUT2D eigenvalue weighted by Crippen LogP contribution is -2.40. The summed E-state index contributed by atoms with van der Waals surface area (Å²) < 4.78 is 0. The normalized spacial score (nSPS) is 36.1. The third kappa shape index (κ3) is 2.25. The molecule has 0 N–H and O–H groups in total. The molecule has 0 radical (unpaired) electrons. The summed E-state index contributed by atoms with van der Waals surface area (Å²) in [5.41, 5.74) is 0. The first-order valence-electron chi connectivity index (χ1n) is 6.32. The molecule has 2 rings (SSSR count). The largest absolute Gasteiger partial charge is 0.300 e. The Labute approximate surface area is 93.0 Å². The van der Waals surface area contributed by atoms with Gasteiger partial charge in [0.1, 0.15) is 5.78 Å². The van der Waals surface area contributed by atoms with Crippen LogP contribution in [-0.4, -0.2) is 29.8 Å². The van der Waals surface area contributed by atoms with Crippen LogP contribution in [0, 0.1) is 11.8 Å². The van der Waals surface area contributed by atoms with Crippen LogP contribution in [0.25, 0.3) is 0 Å². The van der Waals surface area contributed by atoms with Crippen LogP contribution in [0.4, 0.5) is 0 Å². The van der Waals surface area contributed by atoms with Crippen molar-refractivity contribution < 1.29 is 4.79 Å². The Morgan fingerprint density at radius 2 is 1.80 bits per heavy atom. The first-order chi connectivity index (χ1) is 7.08. The Balaban J connectivity index is 1.89. The van der Waals surface area contributed by atoms with Crippen molar-refractivity contribution in [2.45, 2.75) is 58.0 Å². The zero-order valence-electron chi connectivity index (χ0n) is 10.2. The highest BCUT2D eigenvalue weighted by atomic mass is 16.1. The van der Waals surface area contributed by atoms with Gasteiger partial charge in [0.2, 0.25) is 0 Å². The molecule has 2 nitrogen and oxygen atoms in total. The number of fused-ring (bicyclic) bond motifs is 2. The lowest BCUT2D eigenvalue weighted by atomic mass is 9.85. The maximum absolute atomic E-state index is 11.7. The van der Waals surface area contributed by atoms with E-state index in [1.807, 2.05) is 13.8 Å². The zero-order chi connectivity index (χ0) is 11.0. The molecule has 2 unspecified atom stereocenters. The van der Waals surface area contributed by atoms with E-state index in [9.17, 15) is 4.79 Å². The highest BCUT2D eigenvalue weighted by Crippen LogP contribution is 2.38. The Morgan fingerprint density at radius 3 is 2.27 bits per heavy atom. The van der Waals surface area contributed by atoms with Crippen molar-refractivity contribution >= 4 is 5.78 Å². The van der Waals surface area contributed by atoms with Gasteiger partial charge in [-0.1, -0.05) is 13.8 Å². The van der Waals surface area contributed by atoms with Gasteiger partial charge in [-0.15, -0.1) is 0 Å². The van der Waals surface area contributed by atoms with E-state index in [0.717, 1.165) is 18.5 Å². The number of rotatable bonds is 3. The number of Topliss-reactive ketones (excluding diaryl/α,β-unsaturated/α-hetero) is 1. The van der Waals surface area contributed by atoms with E-state index in [2.05, 4.69) is 11.9 Å². The second-order valence-corrected chi connectivity index (χ2v) is 5.71. The van der Waals surface area contributed by atoms with Crippen molar-refractivity contribution in [1.82, 2.24) is 4.90 Å². The quantitative estimate of drug-likeness (QED) is 0.711. The van der Waals surface area contributed by atoms with Gasteiger partial charge in [0, 0.05) is 24.4 Å². The van der Waals surface area contributed by atoms with Gasteiger partial charge in [0.15, 0.2) is 0 Å². The molecule has 2 bridgehead atoms. The second kappa shape index (κ2) is 4.25. The van der Waals surface area contributed by atoms with Gasteiger partial charge in [-0.05, 0) is 38.6 Å². The standard InChI is InChI=1S/C13H23NO/c1-9(2)13(15)8-10-6-11-4-5-12(7-10)14(11)3/h9-12H,4-8H2,1-3H3. The fraction of sp³-hybridized carbons (Fsp3) is 0.923. The van der Waals surface area contributed by atoms with E-state index < -0.39 is 0 Å². The summed E-state index contributed by atoms with van der Waals surface area (Å²) in [4.78, 5) is 14.3. The Hall–Kier alpha value is -0.370. The van der Waals surface area contributed by atoms with Gasteiger partial charge in [-0.2, -0.15) is 0 Å². The van der Waals surface area contributed by atoms with Crippen LogP contribution < -0.4 is 0 Å². The highest BCUT2D eigenvalue weighted by Gasteiger charge is 2.38. The van der Waals surface area contributed by atoms with Crippen LogP contribution in [0.5, 0.6) is 0 Å². The smallest absolute Gasteiger partial charge is 0.135 e. The van der Waals surface area contributed by atoms with Crippen molar-refractivity contribution in [2.24, 2.45) is 11.8 Å². The molecule has 2 aliphatic rings. The molecule has 86 valence electrons. The molecule has 2 heterocycles. The van der Waals surface area contributed by atoms with Crippen LogP contribution in [0.3, 0.4) is 0 Å². The monoisotopic (exact) mass is 209 g/mol. The van der Waals surface area contributed by atoms with E-state index in [1.54, 1.807) is 0 Å². The summed E-state index contributed by atoms with van der Waals surface area (Å²) in [7, 11) is 2.25. The molecule has 2 fully saturated rings. The van der Waals surface area contributed by atoms with Gasteiger partial charge >= 0.3 is 0 Å². The topological polar surface area (TPSA) is 20.3 Å². The number of nitrogens with zero attached hydrogens (tertiary/aromatic N) is 1. The van der Waals surface area contributed by atoms with Gasteiger partial charge in [0.05, 0.1) is 0 Å². The first kappa shape index (κ1) is 11.1.